The third-order valence-corrected chi connectivity index (χ3v) is 8.45. The van der Waals surface area contributed by atoms with E-state index >= 15 is 0 Å². The summed E-state index contributed by atoms with van der Waals surface area (Å²) in [5, 5.41) is 3.59. The van der Waals surface area contributed by atoms with Crippen molar-refractivity contribution in [2.24, 2.45) is 0 Å². The van der Waals surface area contributed by atoms with E-state index < -0.39 is 5.79 Å². The van der Waals surface area contributed by atoms with Crippen LogP contribution in [-0.2, 0) is 20.8 Å². The van der Waals surface area contributed by atoms with Gasteiger partial charge < -0.3 is 19.5 Å². The number of ether oxygens (including phenoxy) is 3. The number of hydrogen-bond acceptors (Lipinski definition) is 8. The molecular formula is C24H24N2O4S3. The first-order chi connectivity index (χ1) is 15.9. The molecule has 3 aromatic rings. The van der Waals surface area contributed by atoms with Gasteiger partial charge in [0.15, 0.2) is 5.79 Å². The molecule has 1 amide bonds. The Morgan fingerprint density at radius 2 is 1.88 bits per heavy atom. The van der Waals surface area contributed by atoms with Crippen LogP contribution >= 0.6 is 34.9 Å². The minimum absolute atomic E-state index is 0.135. The standard InChI is InChI=1S/C24H24N2O4S3/c1-24(2)29-14-19(30-24)21-20(32-23(31)33-21)17-12-26(18-11-7-6-10-16(18)25-17)22(27)28-13-15-8-4-3-5-9-15/h3-11,17,19,25H,12-14H2,1-2H3/t17?,19-/m1/s1. The van der Waals surface area contributed by atoms with E-state index in [1.807, 2.05) is 68.4 Å². The van der Waals surface area contributed by atoms with Gasteiger partial charge in [0.05, 0.1) is 35.4 Å². The van der Waals surface area contributed by atoms with Crippen molar-refractivity contribution < 1.29 is 19.0 Å². The summed E-state index contributed by atoms with van der Waals surface area (Å²) in [7, 11) is 0. The summed E-state index contributed by atoms with van der Waals surface area (Å²) in [6.45, 7) is 4.96. The molecule has 1 unspecified atom stereocenters. The quantitative estimate of drug-likeness (QED) is 0.404. The molecule has 1 N–H and O–H groups in total. The summed E-state index contributed by atoms with van der Waals surface area (Å²) < 4.78 is 18.4. The highest BCUT2D eigenvalue weighted by Crippen LogP contribution is 2.45. The molecule has 3 heterocycles. The van der Waals surface area contributed by atoms with Crippen LogP contribution in [0.5, 0.6) is 0 Å². The first-order valence-electron chi connectivity index (χ1n) is 10.7. The maximum Gasteiger partial charge on any atom is 0.414 e. The van der Waals surface area contributed by atoms with Gasteiger partial charge in [-0.15, -0.1) is 22.7 Å². The van der Waals surface area contributed by atoms with E-state index in [9.17, 15) is 4.79 Å². The zero-order valence-electron chi connectivity index (χ0n) is 18.3. The second-order valence-corrected chi connectivity index (χ2v) is 11.7. The zero-order chi connectivity index (χ0) is 23.0. The lowest BCUT2D eigenvalue weighted by Gasteiger charge is -2.35. The van der Waals surface area contributed by atoms with Crippen molar-refractivity contribution in [3.63, 3.8) is 0 Å². The van der Waals surface area contributed by atoms with Gasteiger partial charge in [0.25, 0.3) is 0 Å². The van der Waals surface area contributed by atoms with Crippen LogP contribution < -0.4 is 10.2 Å². The van der Waals surface area contributed by atoms with Crippen molar-refractivity contribution in [3.8, 4) is 0 Å². The Balaban J connectivity index is 1.42. The fraction of sp³-hybridized carbons (Fsp3) is 0.333. The minimum atomic E-state index is -0.627. The number of rotatable bonds is 4. The summed E-state index contributed by atoms with van der Waals surface area (Å²) in [5.41, 5.74) is 2.63. The smallest absolute Gasteiger partial charge is 0.414 e. The summed E-state index contributed by atoms with van der Waals surface area (Å²) in [5.74, 6) is -0.627. The molecular weight excluding hydrogens is 476 g/mol. The lowest BCUT2D eigenvalue weighted by molar-refractivity contribution is -0.138. The molecule has 5 rings (SSSR count). The number of benzene rings is 2. The first kappa shape index (κ1) is 22.5. The summed E-state index contributed by atoms with van der Waals surface area (Å²) in [4.78, 5) is 17.0. The largest absolute Gasteiger partial charge is 0.444 e. The number of carbonyl (C=O) groups excluding carboxylic acids is 1. The van der Waals surface area contributed by atoms with Crippen LogP contribution in [0.2, 0.25) is 0 Å². The Labute approximate surface area is 205 Å². The normalized spacial score (nSPS) is 21.3. The lowest BCUT2D eigenvalue weighted by Crippen LogP contribution is -2.41. The van der Waals surface area contributed by atoms with Gasteiger partial charge in [0.2, 0.25) is 0 Å². The third-order valence-electron chi connectivity index (χ3n) is 5.56. The van der Waals surface area contributed by atoms with Crippen LogP contribution in [0, 0.1) is 3.14 Å². The fourth-order valence-electron chi connectivity index (χ4n) is 4.05. The molecule has 0 spiro atoms. The van der Waals surface area contributed by atoms with Crippen LogP contribution in [-0.4, -0.2) is 25.0 Å². The van der Waals surface area contributed by atoms with E-state index in [4.69, 9.17) is 26.4 Å². The van der Waals surface area contributed by atoms with Crippen LogP contribution in [0.1, 0.15) is 41.3 Å². The topological polar surface area (TPSA) is 60.0 Å². The predicted octanol–water partition coefficient (Wildman–Crippen LogP) is 6.67. The Kier molecular flexibility index (Phi) is 6.24. The molecule has 1 aromatic heterocycles. The van der Waals surface area contributed by atoms with Crippen LogP contribution in [0.3, 0.4) is 0 Å². The molecule has 2 aliphatic heterocycles. The van der Waals surface area contributed by atoms with Crippen LogP contribution in [0.15, 0.2) is 54.6 Å². The van der Waals surface area contributed by atoms with Crippen LogP contribution in [0.25, 0.3) is 0 Å². The third kappa shape index (κ3) is 4.83. The van der Waals surface area contributed by atoms with E-state index in [0.29, 0.717) is 13.2 Å². The van der Waals surface area contributed by atoms with E-state index in [1.54, 1.807) is 27.6 Å². The monoisotopic (exact) mass is 500 g/mol. The zero-order valence-corrected chi connectivity index (χ0v) is 20.7. The fourth-order valence-corrected chi connectivity index (χ4v) is 6.90. The molecule has 1 saturated heterocycles. The predicted molar refractivity (Wildman–Crippen MR) is 134 cm³/mol. The number of fused-ring (bicyclic) bond motifs is 1. The van der Waals surface area contributed by atoms with Gasteiger partial charge in [-0.2, -0.15) is 0 Å². The molecule has 0 bridgehead atoms. The average molecular weight is 501 g/mol. The maximum absolute atomic E-state index is 13.2. The Morgan fingerprint density at radius 3 is 2.64 bits per heavy atom. The SMILES string of the molecule is CC1(C)OC[C@H](c2sc(=S)sc2C2CN(C(=O)OCc3ccccc3)c3ccccc3N2)O1. The van der Waals surface area contributed by atoms with Crippen molar-refractivity contribution in [2.45, 2.75) is 38.4 Å². The number of amides is 1. The first-order valence-corrected chi connectivity index (χ1v) is 12.7. The van der Waals surface area contributed by atoms with Gasteiger partial charge in [0, 0.05) is 4.88 Å². The number of anilines is 2. The molecule has 9 heteroatoms. The molecule has 33 heavy (non-hydrogen) atoms. The van der Waals surface area contributed by atoms with Gasteiger partial charge >= 0.3 is 6.09 Å². The highest BCUT2D eigenvalue weighted by Gasteiger charge is 2.39. The van der Waals surface area contributed by atoms with Crippen molar-refractivity contribution in [2.75, 3.05) is 23.4 Å². The summed E-state index contributed by atoms with van der Waals surface area (Å²) in [6, 6.07) is 17.3. The molecule has 2 atom stereocenters. The number of carbonyl (C=O) groups is 1. The molecule has 0 radical (unpaired) electrons. The van der Waals surface area contributed by atoms with Gasteiger partial charge in [0.1, 0.15) is 15.8 Å². The van der Waals surface area contributed by atoms with E-state index in [2.05, 4.69) is 5.32 Å². The number of hydrogen-bond donors (Lipinski definition) is 1. The molecule has 0 aliphatic carbocycles. The lowest BCUT2D eigenvalue weighted by atomic mass is 10.1. The highest BCUT2D eigenvalue weighted by atomic mass is 32.2. The van der Waals surface area contributed by atoms with E-state index in [-0.39, 0.29) is 24.8 Å². The van der Waals surface area contributed by atoms with Crippen molar-refractivity contribution in [1.29, 1.82) is 0 Å². The second-order valence-electron chi connectivity index (χ2n) is 8.36. The number of nitrogens with one attached hydrogen (secondary N) is 1. The second kappa shape index (κ2) is 9.15. The van der Waals surface area contributed by atoms with Gasteiger partial charge in [-0.1, -0.05) is 54.7 Å². The van der Waals surface area contributed by atoms with Gasteiger partial charge in [-0.25, -0.2) is 4.79 Å². The van der Waals surface area contributed by atoms with Gasteiger partial charge in [-0.05, 0) is 31.5 Å². The molecule has 6 nitrogen and oxygen atoms in total. The summed E-state index contributed by atoms with van der Waals surface area (Å²) >= 11 is 8.67. The molecule has 2 aromatic carbocycles. The van der Waals surface area contributed by atoms with Crippen molar-refractivity contribution in [1.82, 2.24) is 0 Å². The van der Waals surface area contributed by atoms with Gasteiger partial charge in [-0.3, -0.25) is 4.90 Å². The number of para-hydroxylation sites is 2. The van der Waals surface area contributed by atoms with E-state index in [0.717, 1.165) is 29.8 Å². The Morgan fingerprint density at radius 1 is 1.15 bits per heavy atom. The maximum atomic E-state index is 13.2. The highest BCUT2D eigenvalue weighted by molar-refractivity contribution is 7.76. The van der Waals surface area contributed by atoms with E-state index in [1.165, 1.54) is 0 Å². The molecule has 0 saturated carbocycles. The van der Waals surface area contributed by atoms with Crippen LogP contribution in [0.4, 0.5) is 16.2 Å². The van der Waals surface area contributed by atoms with Crippen molar-refractivity contribution in [3.05, 3.63) is 73.1 Å². The molecule has 172 valence electrons. The van der Waals surface area contributed by atoms with Crippen molar-refractivity contribution >= 4 is 52.4 Å². The molecule has 2 aliphatic rings. The minimum Gasteiger partial charge on any atom is -0.444 e. The Bertz CT molecular complexity index is 1210. The summed E-state index contributed by atoms with van der Waals surface area (Å²) in [6.07, 6.45) is -0.551. The molecule has 1 fully saturated rings. The Hall–Kier alpha value is -2.30. The number of nitrogens with zero attached hydrogens (tertiary/aromatic N) is 1. The average Bonchev–Trinajstić information content (AvgIpc) is 3.39.